The van der Waals surface area contributed by atoms with Gasteiger partial charge in [0.05, 0.1) is 18.3 Å². The second kappa shape index (κ2) is 6.49. The summed E-state index contributed by atoms with van der Waals surface area (Å²) in [7, 11) is 0. The summed E-state index contributed by atoms with van der Waals surface area (Å²) in [6, 6.07) is 10.2. The van der Waals surface area contributed by atoms with E-state index in [0.29, 0.717) is 32.1 Å². The molecular weight excluding hydrogens is 360 g/mol. The third-order valence-electron chi connectivity index (χ3n) is 5.30. The van der Waals surface area contributed by atoms with E-state index >= 15 is 0 Å². The molecule has 1 aliphatic carbocycles. The topological polar surface area (TPSA) is 67.2 Å². The Morgan fingerprint density at radius 2 is 2.07 bits per heavy atom. The van der Waals surface area contributed by atoms with Crippen molar-refractivity contribution in [2.75, 3.05) is 6.54 Å². The first-order valence-electron chi connectivity index (χ1n) is 9.29. The Hall–Kier alpha value is -2.67. The number of benzene rings is 1. The Morgan fingerprint density at radius 1 is 1.26 bits per heavy atom. The summed E-state index contributed by atoms with van der Waals surface area (Å²) in [4.78, 5) is 33.6. The number of carbonyl (C=O) groups excluding carboxylic acids is 1. The van der Waals surface area contributed by atoms with Gasteiger partial charge in [0.1, 0.15) is 4.83 Å². The molecule has 5 rings (SSSR count). The van der Waals surface area contributed by atoms with Crippen LogP contribution in [0.2, 0.25) is 0 Å². The number of urea groups is 1. The predicted molar refractivity (Wildman–Crippen MR) is 105 cm³/mol. The van der Waals surface area contributed by atoms with Crippen LogP contribution in [0.1, 0.15) is 34.9 Å². The van der Waals surface area contributed by atoms with Gasteiger partial charge in [-0.2, -0.15) is 0 Å². The lowest BCUT2D eigenvalue weighted by Gasteiger charge is -2.27. The monoisotopic (exact) mass is 380 g/mol. The van der Waals surface area contributed by atoms with Gasteiger partial charge in [0, 0.05) is 24.0 Å². The van der Waals surface area contributed by atoms with Crippen LogP contribution in [-0.4, -0.2) is 27.0 Å². The van der Waals surface area contributed by atoms with Gasteiger partial charge in [-0.1, -0.05) is 30.3 Å². The van der Waals surface area contributed by atoms with Crippen molar-refractivity contribution >= 4 is 27.6 Å². The van der Waals surface area contributed by atoms with Gasteiger partial charge in [-0.3, -0.25) is 9.36 Å². The molecule has 0 radical (unpaired) electrons. The van der Waals surface area contributed by atoms with Crippen molar-refractivity contribution in [3.05, 3.63) is 63.0 Å². The molecule has 2 amide bonds. The van der Waals surface area contributed by atoms with E-state index in [2.05, 4.69) is 10.3 Å². The zero-order chi connectivity index (χ0) is 18.4. The fourth-order valence-electron chi connectivity index (χ4n) is 3.67. The number of amides is 2. The molecule has 1 N–H and O–H groups in total. The Morgan fingerprint density at radius 3 is 2.85 bits per heavy atom. The zero-order valence-corrected chi connectivity index (χ0v) is 15.7. The van der Waals surface area contributed by atoms with E-state index in [-0.39, 0.29) is 11.6 Å². The second-order valence-corrected chi connectivity index (χ2v) is 8.27. The molecule has 1 aromatic carbocycles. The number of hydrogen-bond donors (Lipinski definition) is 1. The van der Waals surface area contributed by atoms with E-state index in [1.165, 1.54) is 0 Å². The van der Waals surface area contributed by atoms with Crippen LogP contribution in [0.25, 0.3) is 10.2 Å². The first-order valence-corrected chi connectivity index (χ1v) is 10.1. The molecule has 27 heavy (non-hydrogen) atoms. The van der Waals surface area contributed by atoms with Gasteiger partial charge in [-0.05, 0) is 30.4 Å². The molecule has 0 bridgehead atoms. The van der Waals surface area contributed by atoms with E-state index in [4.69, 9.17) is 0 Å². The van der Waals surface area contributed by atoms with Crippen LogP contribution >= 0.6 is 11.3 Å². The smallest absolute Gasteiger partial charge is 0.318 e. The predicted octanol–water partition coefficient (Wildman–Crippen LogP) is 3.06. The SMILES string of the molecule is O=C(NCc1ccccc1)N1CCc2c(sc3ncn(C4CC4)c(=O)c23)C1. The molecule has 1 saturated carbocycles. The van der Waals surface area contributed by atoms with Gasteiger partial charge >= 0.3 is 6.03 Å². The second-order valence-electron chi connectivity index (χ2n) is 7.19. The molecule has 3 aromatic rings. The molecule has 0 saturated heterocycles. The molecule has 0 atom stereocenters. The number of nitrogens with one attached hydrogen (secondary N) is 1. The highest BCUT2D eigenvalue weighted by molar-refractivity contribution is 7.18. The third kappa shape index (κ3) is 3.02. The zero-order valence-electron chi connectivity index (χ0n) is 14.9. The molecule has 2 aliphatic rings. The number of fused-ring (bicyclic) bond motifs is 3. The maximum Gasteiger partial charge on any atom is 0.318 e. The summed E-state index contributed by atoms with van der Waals surface area (Å²) in [5.74, 6) is 0. The van der Waals surface area contributed by atoms with E-state index in [9.17, 15) is 9.59 Å². The van der Waals surface area contributed by atoms with Crippen molar-refractivity contribution in [2.45, 2.75) is 38.4 Å². The van der Waals surface area contributed by atoms with E-state index in [0.717, 1.165) is 39.1 Å². The van der Waals surface area contributed by atoms with E-state index in [1.54, 1.807) is 22.2 Å². The molecule has 3 heterocycles. The molecular formula is C20H20N4O2S. The number of aromatic nitrogens is 2. The molecule has 2 aromatic heterocycles. The maximum absolute atomic E-state index is 12.9. The lowest BCUT2D eigenvalue weighted by molar-refractivity contribution is 0.193. The van der Waals surface area contributed by atoms with Gasteiger partial charge in [0.15, 0.2) is 0 Å². The molecule has 0 spiro atoms. The van der Waals surface area contributed by atoms with Crippen molar-refractivity contribution in [1.29, 1.82) is 0 Å². The summed E-state index contributed by atoms with van der Waals surface area (Å²) in [6.07, 6.45) is 4.53. The number of hydrogen-bond acceptors (Lipinski definition) is 4. The van der Waals surface area contributed by atoms with Crippen molar-refractivity contribution in [1.82, 2.24) is 19.8 Å². The van der Waals surface area contributed by atoms with Crippen LogP contribution in [0.5, 0.6) is 0 Å². The van der Waals surface area contributed by atoms with Crippen LogP contribution in [0.15, 0.2) is 41.5 Å². The van der Waals surface area contributed by atoms with Gasteiger partial charge in [-0.25, -0.2) is 9.78 Å². The Bertz CT molecular complexity index is 1070. The van der Waals surface area contributed by atoms with Crippen LogP contribution in [0.4, 0.5) is 4.79 Å². The van der Waals surface area contributed by atoms with E-state index in [1.807, 2.05) is 35.2 Å². The first kappa shape index (κ1) is 16.5. The fourth-order valence-corrected chi connectivity index (χ4v) is 4.86. The lowest BCUT2D eigenvalue weighted by Crippen LogP contribution is -2.42. The van der Waals surface area contributed by atoms with Gasteiger partial charge in [0.2, 0.25) is 0 Å². The molecule has 0 unspecified atom stereocenters. The summed E-state index contributed by atoms with van der Waals surface area (Å²) < 4.78 is 1.79. The number of rotatable bonds is 3. The minimum absolute atomic E-state index is 0.0645. The van der Waals surface area contributed by atoms with E-state index < -0.39 is 0 Å². The molecule has 138 valence electrons. The molecule has 1 aliphatic heterocycles. The van der Waals surface area contributed by atoms with Gasteiger partial charge in [-0.15, -0.1) is 11.3 Å². The molecule has 7 heteroatoms. The van der Waals surface area contributed by atoms with Crippen molar-refractivity contribution in [3.8, 4) is 0 Å². The van der Waals surface area contributed by atoms with Gasteiger partial charge < -0.3 is 10.2 Å². The highest BCUT2D eigenvalue weighted by atomic mass is 32.1. The van der Waals surface area contributed by atoms with Crippen molar-refractivity contribution in [3.63, 3.8) is 0 Å². The number of nitrogens with zero attached hydrogens (tertiary/aromatic N) is 3. The standard InChI is InChI=1S/C20H20N4O2S/c25-19-17-15-8-9-23(20(26)21-10-13-4-2-1-3-5-13)11-16(15)27-18(17)22-12-24(19)14-6-7-14/h1-5,12,14H,6-11H2,(H,21,26). The highest BCUT2D eigenvalue weighted by Crippen LogP contribution is 2.36. The molecule has 6 nitrogen and oxygen atoms in total. The minimum Gasteiger partial charge on any atom is -0.334 e. The summed E-state index contributed by atoms with van der Waals surface area (Å²) in [5, 5.41) is 3.76. The van der Waals surface area contributed by atoms with Gasteiger partial charge in [0.25, 0.3) is 5.56 Å². The average molecular weight is 380 g/mol. The number of thiophene rings is 1. The van der Waals surface area contributed by atoms with Crippen molar-refractivity contribution in [2.24, 2.45) is 0 Å². The first-order chi connectivity index (χ1) is 13.2. The maximum atomic E-state index is 12.9. The molecule has 1 fully saturated rings. The summed E-state index contributed by atoms with van der Waals surface area (Å²) >= 11 is 1.54. The summed E-state index contributed by atoms with van der Waals surface area (Å²) in [6.45, 7) is 1.68. The lowest BCUT2D eigenvalue weighted by atomic mass is 10.1. The quantitative estimate of drug-likeness (QED) is 0.759. The Kier molecular flexibility index (Phi) is 3.97. The highest BCUT2D eigenvalue weighted by Gasteiger charge is 2.29. The summed E-state index contributed by atoms with van der Waals surface area (Å²) in [5.41, 5.74) is 2.26. The third-order valence-corrected chi connectivity index (χ3v) is 6.42. The Labute approximate surface area is 160 Å². The average Bonchev–Trinajstić information content (AvgIpc) is 3.46. The van der Waals surface area contributed by atoms with Crippen LogP contribution < -0.4 is 10.9 Å². The normalized spacial score (nSPS) is 16.4. The van der Waals surface area contributed by atoms with Crippen LogP contribution in [0, 0.1) is 0 Å². The van der Waals surface area contributed by atoms with Crippen LogP contribution in [-0.2, 0) is 19.5 Å². The minimum atomic E-state index is -0.0645. The van der Waals surface area contributed by atoms with Crippen LogP contribution in [0.3, 0.4) is 0 Å². The number of carbonyl (C=O) groups is 1. The van der Waals surface area contributed by atoms with Crippen molar-refractivity contribution < 1.29 is 4.79 Å². The largest absolute Gasteiger partial charge is 0.334 e. The fraction of sp³-hybridized carbons (Fsp3) is 0.350. The Balaban J connectivity index is 1.36.